The first-order chi connectivity index (χ1) is 8.29. The van der Waals surface area contributed by atoms with Gasteiger partial charge in [-0.05, 0) is 12.3 Å². The van der Waals surface area contributed by atoms with Gasteiger partial charge in [0, 0.05) is 6.42 Å². The van der Waals surface area contributed by atoms with Gasteiger partial charge in [-0.1, -0.05) is 20.3 Å². The Kier molecular flexibility index (Phi) is 6.96. The number of carboxylic acid groups (broad SMARTS) is 1. The lowest BCUT2D eigenvalue weighted by Crippen LogP contribution is -2.50. The number of hydrogen-bond acceptors (Lipinski definition) is 4. The molecule has 0 aliphatic heterocycles. The van der Waals surface area contributed by atoms with Crippen molar-refractivity contribution in [2.45, 2.75) is 45.2 Å². The second kappa shape index (κ2) is 7.65. The Morgan fingerprint density at radius 1 is 1.33 bits per heavy atom. The van der Waals surface area contributed by atoms with Crippen molar-refractivity contribution in [3.05, 3.63) is 0 Å². The maximum absolute atomic E-state index is 11.7. The molecule has 0 aromatic heterocycles. The molecule has 1 unspecified atom stereocenters. The number of rotatable bonds is 8. The van der Waals surface area contributed by atoms with Gasteiger partial charge in [-0.3, -0.25) is 9.59 Å². The van der Waals surface area contributed by atoms with Crippen molar-refractivity contribution in [2.75, 3.05) is 0 Å². The average Bonchev–Trinajstić information content (AvgIpc) is 2.31. The summed E-state index contributed by atoms with van der Waals surface area (Å²) in [6, 6.07) is -1.90. The third-order valence-electron chi connectivity index (χ3n) is 2.85. The van der Waals surface area contributed by atoms with E-state index >= 15 is 0 Å². The molecule has 0 rings (SSSR count). The average molecular weight is 259 g/mol. The molecule has 0 heterocycles. The number of aliphatic carboxylic acids is 1. The predicted octanol–water partition coefficient (Wildman–Crippen LogP) is -0.805. The molecule has 0 aromatic carbocycles. The normalized spacial score (nSPS) is 15.5. The van der Waals surface area contributed by atoms with E-state index < -0.39 is 29.9 Å². The van der Waals surface area contributed by atoms with Crippen LogP contribution in [0, 0.1) is 5.92 Å². The molecule has 0 radical (unpaired) electrons. The quantitative estimate of drug-likeness (QED) is 0.452. The lowest BCUT2D eigenvalue weighted by atomic mass is 9.99. The van der Waals surface area contributed by atoms with Crippen LogP contribution in [0.4, 0.5) is 0 Å². The van der Waals surface area contributed by atoms with Crippen LogP contribution in [0.15, 0.2) is 0 Å². The Hall–Kier alpha value is -1.63. The number of nitrogens with two attached hydrogens (primary N) is 2. The minimum absolute atomic E-state index is 0.0381. The largest absolute Gasteiger partial charge is 0.480 e. The summed E-state index contributed by atoms with van der Waals surface area (Å²) >= 11 is 0. The van der Waals surface area contributed by atoms with Crippen LogP contribution >= 0.6 is 0 Å². The highest BCUT2D eigenvalue weighted by Gasteiger charge is 2.25. The highest BCUT2D eigenvalue weighted by molar-refractivity contribution is 5.87. The Labute approximate surface area is 106 Å². The number of primary amides is 1. The maximum Gasteiger partial charge on any atom is 0.326 e. The zero-order chi connectivity index (χ0) is 14.3. The van der Waals surface area contributed by atoms with Crippen molar-refractivity contribution in [1.29, 1.82) is 0 Å². The molecule has 0 saturated carbocycles. The molecule has 7 heteroatoms. The van der Waals surface area contributed by atoms with Crippen molar-refractivity contribution in [1.82, 2.24) is 5.32 Å². The number of carbonyl (C=O) groups excluding carboxylic acids is 2. The molecule has 0 spiro atoms. The summed E-state index contributed by atoms with van der Waals surface area (Å²) < 4.78 is 0. The number of amides is 2. The van der Waals surface area contributed by atoms with Gasteiger partial charge in [0.05, 0.1) is 6.04 Å². The first-order valence-corrected chi connectivity index (χ1v) is 5.86. The minimum Gasteiger partial charge on any atom is -0.480 e. The van der Waals surface area contributed by atoms with Gasteiger partial charge >= 0.3 is 5.97 Å². The second-order valence-corrected chi connectivity index (χ2v) is 4.32. The van der Waals surface area contributed by atoms with Crippen LogP contribution < -0.4 is 16.8 Å². The number of nitrogens with one attached hydrogen (secondary N) is 1. The first-order valence-electron chi connectivity index (χ1n) is 5.86. The van der Waals surface area contributed by atoms with E-state index in [0.29, 0.717) is 6.42 Å². The van der Waals surface area contributed by atoms with Crippen molar-refractivity contribution in [3.8, 4) is 0 Å². The summed E-state index contributed by atoms with van der Waals surface area (Å²) in [6.45, 7) is 3.70. The zero-order valence-electron chi connectivity index (χ0n) is 10.7. The molecule has 0 fully saturated rings. The molecule has 0 aliphatic rings. The standard InChI is InChI=1S/C11H21N3O4/c1-3-6(2)9(13)10(16)14-7(11(17)18)4-5-8(12)15/h6-7,9H,3-5,13H2,1-2H3,(H2,12,15)(H,14,16)(H,17,18)/t6-,7?,9-/m0/s1. The Bertz CT molecular complexity index is 319. The molecular formula is C11H21N3O4. The molecule has 2 amide bonds. The SMILES string of the molecule is CC[C@H](C)[C@H](N)C(=O)NC(CCC(N)=O)C(=O)O. The molecule has 0 saturated heterocycles. The van der Waals surface area contributed by atoms with E-state index in [-0.39, 0.29) is 18.8 Å². The molecule has 0 aliphatic carbocycles. The minimum atomic E-state index is -1.21. The van der Waals surface area contributed by atoms with Crippen LogP contribution in [-0.4, -0.2) is 35.0 Å². The van der Waals surface area contributed by atoms with Crippen molar-refractivity contribution in [3.63, 3.8) is 0 Å². The van der Waals surface area contributed by atoms with Crippen LogP contribution in [0.2, 0.25) is 0 Å². The highest BCUT2D eigenvalue weighted by atomic mass is 16.4. The van der Waals surface area contributed by atoms with Crippen LogP contribution in [0.1, 0.15) is 33.1 Å². The summed E-state index contributed by atoms with van der Waals surface area (Å²) in [4.78, 5) is 33.2. The molecule has 6 N–H and O–H groups in total. The van der Waals surface area contributed by atoms with Crippen molar-refractivity contribution in [2.24, 2.45) is 17.4 Å². The fraction of sp³-hybridized carbons (Fsp3) is 0.727. The van der Waals surface area contributed by atoms with E-state index in [0.717, 1.165) is 0 Å². The van der Waals surface area contributed by atoms with Gasteiger partial charge in [-0.15, -0.1) is 0 Å². The van der Waals surface area contributed by atoms with E-state index in [4.69, 9.17) is 16.6 Å². The molecule has 104 valence electrons. The fourth-order valence-corrected chi connectivity index (χ4v) is 1.32. The Morgan fingerprint density at radius 2 is 1.89 bits per heavy atom. The Balaban J connectivity index is 4.45. The third kappa shape index (κ3) is 5.62. The van der Waals surface area contributed by atoms with Gasteiger partial charge in [-0.25, -0.2) is 4.79 Å². The van der Waals surface area contributed by atoms with Gasteiger partial charge in [-0.2, -0.15) is 0 Å². The molecule has 18 heavy (non-hydrogen) atoms. The summed E-state index contributed by atoms with van der Waals surface area (Å²) in [5.41, 5.74) is 10.6. The van der Waals surface area contributed by atoms with Gasteiger partial charge in [0.1, 0.15) is 6.04 Å². The van der Waals surface area contributed by atoms with Gasteiger partial charge in [0.25, 0.3) is 0 Å². The molecular weight excluding hydrogens is 238 g/mol. The number of carbonyl (C=O) groups is 3. The lowest BCUT2D eigenvalue weighted by Gasteiger charge is -2.20. The Morgan fingerprint density at radius 3 is 2.28 bits per heavy atom. The van der Waals surface area contributed by atoms with E-state index in [1.165, 1.54) is 0 Å². The van der Waals surface area contributed by atoms with E-state index in [2.05, 4.69) is 5.32 Å². The first kappa shape index (κ1) is 16.4. The summed E-state index contributed by atoms with van der Waals surface area (Å²) in [6.07, 6.45) is 0.576. The van der Waals surface area contributed by atoms with Crippen LogP contribution in [-0.2, 0) is 14.4 Å². The van der Waals surface area contributed by atoms with Crippen LogP contribution in [0.3, 0.4) is 0 Å². The third-order valence-corrected chi connectivity index (χ3v) is 2.85. The summed E-state index contributed by atoms with van der Waals surface area (Å²) in [5.74, 6) is -2.39. The monoisotopic (exact) mass is 259 g/mol. The predicted molar refractivity (Wildman–Crippen MR) is 65.4 cm³/mol. The van der Waals surface area contributed by atoms with Crippen molar-refractivity contribution >= 4 is 17.8 Å². The van der Waals surface area contributed by atoms with E-state index in [1.54, 1.807) is 0 Å². The molecule has 0 bridgehead atoms. The number of carboxylic acids is 1. The van der Waals surface area contributed by atoms with Gasteiger partial charge in [0.15, 0.2) is 0 Å². The van der Waals surface area contributed by atoms with Crippen LogP contribution in [0.25, 0.3) is 0 Å². The lowest BCUT2D eigenvalue weighted by molar-refractivity contribution is -0.142. The van der Waals surface area contributed by atoms with E-state index in [1.807, 2.05) is 13.8 Å². The maximum atomic E-state index is 11.7. The number of hydrogen-bond donors (Lipinski definition) is 4. The second-order valence-electron chi connectivity index (χ2n) is 4.32. The van der Waals surface area contributed by atoms with Gasteiger partial charge < -0.3 is 21.9 Å². The molecule has 3 atom stereocenters. The summed E-state index contributed by atoms with van der Waals surface area (Å²) in [7, 11) is 0. The van der Waals surface area contributed by atoms with E-state index in [9.17, 15) is 14.4 Å². The topological polar surface area (TPSA) is 136 Å². The highest BCUT2D eigenvalue weighted by Crippen LogP contribution is 2.06. The van der Waals surface area contributed by atoms with Gasteiger partial charge in [0.2, 0.25) is 11.8 Å². The zero-order valence-corrected chi connectivity index (χ0v) is 10.7. The molecule has 0 aromatic rings. The fourth-order valence-electron chi connectivity index (χ4n) is 1.32. The van der Waals surface area contributed by atoms with Crippen molar-refractivity contribution < 1.29 is 19.5 Å². The van der Waals surface area contributed by atoms with Crippen LogP contribution in [0.5, 0.6) is 0 Å². The molecule has 7 nitrogen and oxygen atoms in total. The summed E-state index contributed by atoms with van der Waals surface area (Å²) in [5, 5.41) is 11.2. The smallest absolute Gasteiger partial charge is 0.326 e.